The highest BCUT2D eigenvalue weighted by Crippen LogP contribution is 2.09. The molecule has 50 valence electrons. The van der Waals surface area contributed by atoms with Crippen LogP contribution in [0.15, 0.2) is 0 Å². The van der Waals surface area contributed by atoms with Crippen molar-refractivity contribution >= 4 is 5.97 Å². The summed E-state index contributed by atoms with van der Waals surface area (Å²) >= 11 is 0. The Kier molecular flexibility index (Phi) is 3.90. The summed E-state index contributed by atoms with van der Waals surface area (Å²) in [6.07, 6.45) is 0. The number of aliphatic carboxylic acids is 1. The molecule has 0 aromatic rings. The Balaban J connectivity index is 0. The second kappa shape index (κ2) is 2.92. The molecule has 0 amide bonds. The van der Waals surface area contributed by atoms with Crippen LogP contribution in [-0.2, 0) is 4.79 Å². The molecule has 0 aliphatic carbocycles. The SMILES string of the molecule is CC(C)(C)C(=O)[O-].[Cl-]. The molecule has 0 spiro atoms. The quantitative estimate of drug-likeness (QED) is 0.352. The van der Waals surface area contributed by atoms with Crippen LogP contribution in [0.5, 0.6) is 0 Å². The smallest absolute Gasteiger partial charge is 0.0467 e. The molecule has 0 atom stereocenters. The van der Waals surface area contributed by atoms with E-state index in [-0.39, 0.29) is 12.4 Å². The van der Waals surface area contributed by atoms with Crippen molar-refractivity contribution < 1.29 is 22.3 Å². The molecule has 0 aromatic heterocycles. The highest BCUT2D eigenvalue weighted by Gasteiger charge is 2.09. The Morgan fingerprint density at radius 2 is 1.50 bits per heavy atom. The predicted octanol–water partition coefficient (Wildman–Crippen LogP) is -3.21. The van der Waals surface area contributed by atoms with E-state index in [9.17, 15) is 9.90 Å². The zero-order valence-electron chi connectivity index (χ0n) is 5.19. The van der Waals surface area contributed by atoms with Crippen LogP contribution in [0.4, 0.5) is 0 Å². The normalized spacial score (nSPS) is 9.88. The number of carbonyl (C=O) groups is 1. The molecule has 0 aliphatic rings. The summed E-state index contributed by atoms with van der Waals surface area (Å²) in [6, 6.07) is 0. The second-order valence-corrected chi connectivity index (χ2v) is 2.54. The molecule has 0 saturated heterocycles. The van der Waals surface area contributed by atoms with E-state index >= 15 is 0 Å². The predicted molar refractivity (Wildman–Crippen MR) is 24.5 cm³/mol. The fourth-order valence-corrected chi connectivity index (χ4v) is 0. The third-order valence-electron chi connectivity index (χ3n) is 0.612. The van der Waals surface area contributed by atoms with Gasteiger partial charge >= 0.3 is 0 Å². The number of carboxylic acids is 1. The molecule has 0 aliphatic heterocycles. The van der Waals surface area contributed by atoms with Crippen LogP contribution in [0.3, 0.4) is 0 Å². The lowest BCUT2D eigenvalue weighted by molar-refractivity contribution is -0.316. The first-order valence-corrected chi connectivity index (χ1v) is 2.16. The third-order valence-corrected chi connectivity index (χ3v) is 0.612. The van der Waals surface area contributed by atoms with Crippen LogP contribution >= 0.6 is 0 Å². The number of carbonyl (C=O) groups excluding carboxylic acids is 1. The molecule has 0 radical (unpaired) electrons. The van der Waals surface area contributed by atoms with Gasteiger partial charge in [-0.3, -0.25) is 0 Å². The minimum atomic E-state index is -1.01. The zero-order chi connectivity index (χ0) is 6.08. The van der Waals surface area contributed by atoms with Gasteiger partial charge in [0, 0.05) is 11.4 Å². The molecule has 0 bridgehead atoms. The van der Waals surface area contributed by atoms with Gasteiger partial charge in [-0.05, 0) is 0 Å². The minimum Gasteiger partial charge on any atom is -1.00 e. The first-order valence-electron chi connectivity index (χ1n) is 2.16. The van der Waals surface area contributed by atoms with E-state index in [0.717, 1.165) is 0 Å². The van der Waals surface area contributed by atoms with E-state index in [1.807, 2.05) is 0 Å². The number of halogens is 1. The van der Waals surface area contributed by atoms with Gasteiger partial charge in [-0.25, -0.2) is 0 Å². The van der Waals surface area contributed by atoms with Crippen molar-refractivity contribution in [3.05, 3.63) is 0 Å². The average Bonchev–Trinajstić information content (AvgIpc) is 1.31. The van der Waals surface area contributed by atoms with Crippen molar-refractivity contribution in [2.45, 2.75) is 20.8 Å². The van der Waals surface area contributed by atoms with Crippen molar-refractivity contribution in [3.8, 4) is 0 Å². The topological polar surface area (TPSA) is 40.1 Å². The molecule has 0 unspecified atom stereocenters. The highest BCUT2D eigenvalue weighted by atomic mass is 35.5. The Hall–Kier alpha value is -0.240. The van der Waals surface area contributed by atoms with Crippen LogP contribution in [0.1, 0.15) is 20.8 Å². The van der Waals surface area contributed by atoms with Gasteiger partial charge in [-0.15, -0.1) is 0 Å². The molecule has 0 heterocycles. The number of rotatable bonds is 0. The number of hydrogen-bond acceptors (Lipinski definition) is 2. The molecule has 0 aromatic carbocycles. The maximum atomic E-state index is 9.91. The lowest BCUT2D eigenvalue weighted by Gasteiger charge is -2.18. The van der Waals surface area contributed by atoms with E-state index < -0.39 is 11.4 Å². The van der Waals surface area contributed by atoms with Gasteiger partial charge < -0.3 is 22.3 Å². The maximum Gasteiger partial charge on any atom is 0.0467 e. The maximum absolute atomic E-state index is 9.91. The molecule has 8 heavy (non-hydrogen) atoms. The van der Waals surface area contributed by atoms with E-state index in [0.29, 0.717) is 0 Å². The first kappa shape index (κ1) is 10.7. The van der Waals surface area contributed by atoms with Crippen LogP contribution in [0.25, 0.3) is 0 Å². The monoisotopic (exact) mass is 136 g/mol. The van der Waals surface area contributed by atoms with Crippen molar-refractivity contribution in [1.82, 2.24) is 0 Å². The van der Waals surface area contributed by atoms with E-state index in [4.69, 9.17) is 0 Å². The largest absolute Gasteiger partial charge is 1.00 e. The van der Waals surface area contributed by atoms with Gasteiger partial charge in [0.1, 0.15) is 0 Å². The van der Waals surface area contributed by atoms with Crippen LogP contribution in [0.2, 0.25) is 0 Å². The Morgan fingerprint density at radius 3 is 1.50 bits per heavy atom. The van der Waals surface area contributed by atoms with Gasteiger partial charge in [-0.2, -0.15) is 0 Å². The second-order valence-electron chi connectivity index (χ2n) is 2.54. The number of carboxylic acid groups (broad SMARTS) is 1. The summed E-state index contributed by atoms with van der Waals surface area (Å²) in [7, 11) is 0. The molecule has 0 rings (SSSR count). The number of hydrogen-bond donors (Lipinski definition) is 0. The van der Waals surface area contributed by atoms with Crippen molar-refractivity contribution in [2.75, 3.05) is 0 Å². The van der Waals surface area contributed by atoms with Gasteiger partial charge in [-0.1, -0.05) is 20.8 Å². The Labute approximate surface area is 55.3 Å². The summed E-state index contributed by atoms with van der Waals surface area (Å²) in [4.78, 5) is 9.91. The molecular weight excluding hydrogens is 128 g/mol. The summed E-state index contributed by atoms with van der Waals surface area (Å²) < 4.78 is 0. The average molecular weight is 137 g/mol. The molecule has 2 nitrogen and oxygen atoms in total. The molecule has 0 saturated carbocycles. The summed E-state index contributed by atoms with van der Waals surface area (Å²) in [5.74, 6) is -1.01. The molecule has 0 N–H and O–H groups in total. The van der Waals surface area contributed by atoms with E-state index in [1.165, 1.54) is 0 Å². The Morgan fingerprint density at radius 1 is 1.38 bits per heavy atom. The van der Waals surface area contributed by atoms with Gasteiger partial charge in [0.15, 0.2) is 0 Å². The van der Waals surface area contributed by atoms with Gasteiger partial charge in [0.05, 0.1) is 0 Å². The highest BCUT2D eigenvalue weighted by molar-refractivity contribution is 5.70. The van der Waals surface area contributed by atoms with Crippen LogP contribution in [0, 0.1) is 5.41 Å². The summed E-state index contributed by atoms with van der Waals surface area (Å²) in [5.41, 5.74) is -0.694. The lowest BCUT2D eigenvalue weighted by atomic mass is 9.98. The van der Waals surface area contributed by atoms with Crippen molar-refractivity contribution in [3.63, 3.8) is 0 Å². The fourth-order valence-electron chi connectivity index (χ4n) is 0. The molecule has 0 fully saturated rings. The first-order chi connectivity index (χ1) is 2.94. The third kappa shape index (κ3) is 3.93. The molecule has 3 heteroatoms. The minimum absolute atomic E-state index is 0. The van der Waals surface area contributed by atoms with Gasteiger partial charge in [0.25, 0.3) is 0 Å². The zero-order valence-corrected chi connectivity index (χ0v) is 5.95. The standard InChI is InChI=1S/C5H10O2.ClH/c1-5(2,3)4(6)7;/h1-3H3,(H,6,7);1H/p-2. The molecular formula is C5H9ClO2-2. The van der Waals surface area contributed by atoms with Crippen molar-refractivity contribution in [2.24, 2.45) is 5.41 Å². The van der Waals surface area contributed by atoms with E-state index in [2.05, 4.69) is 0 Å². The fraction of sp³-hybridized carbons (Fsp3) is 0.800. The van der Waals surface area contributed by atoms with E-state index in [1.54, 1.807) is 20.8 Å². The van der Waals surface area contributed by atoms with Crippen molar-refractivity contribution in [1.29, 1.82) is 0 Å². The lowest BCUT2D eigenvalue weighted by Crippen LogP contribution is -3.00. The summed E-state index contributed by atoms with van der Waals surface area (Å²) in [5, 5.41) is 9.91. The van der Waals surface area contributed by atoms with Crippen LogP contribution in [-0.4, -0.2) is 5.97 Å². The van der Waals surface area contributed by atoms with Crippen LogP contribution < -0.4 is 17.5 Å². The Bertz CT molecular complexity index is 82.9. The summed E-state index contributed by atoms with van der Waals surface area (Å²) in [6.45, 7) is 4.80. The van der Waals surface area contributed by atoms with Gasteiger partial charge in [0.2, 0.25) is 0 Å².